The van der Waals surface area contributed by atoms with Crippen LogP contribution in [0.3, 0.4) is 0 Å². The summed E-state index contributed by atoms with van der Waals surface area (Å²) in [5, 5.41) is 0. The second-order valence-electron chi connectivity index (χ2n) is 8.19. The zero-order valence-corrected chi connectivity index (χ0v) is 16.3. The molecule has 0 radical (unpaired) electrons. The summed E-state index contributed by atoms with van der Waals surface area (Å²) in [6.45, 7) is 5.88. The largest absolute Gasteiger partial charge is 0.497 e. The van der Waals surface area contributed by atoms with Crippen LogP contribution in [0.1, 0.15) is 30.7 Å². The molecule has 146 valence electrons. The number of methoxy groups -OCH3 is 1. The van der Waals surface area contributed by atoms with Gasteiger partial charge in [0.05, 0.1) is 13.7 Å². The fraction of sp³-hybridized carbons (Fsp3) is 0.571. The summed E-state index contributed by atoms with van der Waals surface area (Å²) in [6.07, 6.45) is 7.54. The van der Waals surface area contributed by atoms with Gasteiger partial charge in [-0.1, -0.05) is 0 Å². The van der Waals surface area contributed by atoms with Gasteiger partial charge in [-0.2, -0.15) is 0 Å². The lowest BCUT2D eigenvalue weighted by atomic mass is 9.79. The van der Waals surface area contributed by atoms with Crippen LogP contribution in [0.2, 0.25) is 0 Å². The second kappa shape index (κ2) is 7.60. The maximum atomic E-state index is 14.2. The molecule has 0 bridgehead atoms. The molecule has 1 aromatic heterocycles. The summed E-state index contributed by atoms with van der Waals surface area (Å²) in [5.41, 5.74) is 1.06. The van der Waals surface area contributed by atoms with Gasteiger partial charge in [0.15, 0.2) is 0 Å². The number of hydrogen-bond donors (Lipinski definition) is 0. The van der Waals surface area contributed by atoms with E-state index in [9.17, 15) is 4.39 Å². The lowest BCUT2D eigenvalue weighted by Crippen LogP contribution is -2.44. The standard InChI is InChI=1S/C21H29FN4O/c1-24-11-8-23-20(24)14-26-10-7-21(16-26)6-3-9-25(15-21)13-17-12-18(27-2)4-5-19(17)22/h4-5,8,11-12H,3,6-7,9-10,13-16H2,1-2H3. The van der Waals surface area contributed by atoms with E-state index in [1.54, 1.807) is 13.2 Å². The Morgan fingerprint density at radius 3 is 2.70 bits per heavy atom. The van der Waals surface area contributed by atoms with Crippen molar-refractivity contribution in [3.05, 3.63) is 47.8 Å². The third-order valence-corrected chi connectivity index (χ3v) is 6.19. The number of halogens is 1. The summed E-state index contributed by atoms with van der Waals surface area (Å²) >= 11 is 0. The molecule has 27 heavy (non-hydrogen) atoms. The van der Waals surface area contributed by atoms with E-state index in [1.807, 2.05) is 18.5 Å². The molecule has 6 heteroatoms. The Morgan fingerprint density at radius 2 is 1.96 bits per heavy atom. The second-order valence-corrected chi connectivity index (χ2v) is 8.19. The summed E-state index contributed by atoms with van der Waals surface area (Å²) in [6, 6.07) is 5.03. The quantitative estimate of drug-likeness (QED) is 0.808. The Balaban J connectivity index is 1.40. The van der Waals surface area contributed by atoms with E-state index < -0.39 is 0 Å². The third kappa shape index (κ3) is 4.01. The van der Waals surface area contributed by atoms with E-state index in [2.05, 4.69) is 26.4 Å². The Bertz CT molecular complexity index is 792. The molecule has 2 fully saturated rings. The maximum Gasteiger partial charge on any atom is 0.127 e. The van der Waals surface area contributed by atoms with Crippen molar-refractivity contribution in [3.63, 3.8) is 0 Å². The summed E-state index contributed by atoms with van der Waals surface area (Å²) in [4.78, 5) is 9.41. The number of rotatable bonds is 5. The molecular formula is C21H29FN4O. The van der Waals surface area contributed by atoms with Crippen molar-refractivity contribution in [2.45, 2.75) is 32.4 Å². The minimum Gasteiger partial charge on any atom is -0.497 e. The first-order valence-corrected chi connectivity index (χ1v) is 9.80. The monoisotopic (exact) mass is 372 g/mol. The fourth-order valence-electron chi connectivity index (χ4n) is 4.73. The lowest BCUT2D eigenvalue weighted by molar-refractivity contribution is 0.0853. The van der Waals surface area contributed by atoms with E-state index in [0.29, 0.717) is 12.0 Å². The highest BCUT2D eigenvalue weighted by molar-refractivity contribution is 5.29. The van der Waals surface area contributed by atoms with E-state index in [0.717, 1.165) is 49.9 Å². The number of aromatic nitrogens is 2. The zero-order valence-electron chi connectivity index (χ0n) is 16.3. The number of nitrogens with zero attached hydrogens (tertiary/aromatic N) is 4. The van der Waals surface area contributed by atoms with Crippen molar-refractivity contribution < 1.29 is 9.13 Å². The van der Waals surface area contributed by atoms with Gasteiger partial charge in [-0.05, 0) is 56.0 Å². The van der Waals surface area contributed by atoms with Crippen LogP contribution in [-0.4, -0.2) is 52.6 Å². The van der Waals surface area contributed by atoms with Gasteiger partial charge < -0.3 is 9.30 Å². The van der Waals surface area contributed by atoms with Crippen LogP contribution in [0.15, 0.2) is 30.6 Å². The van der Waals surface area contributed by atoms with Gasteiger partial charge in [0, 0.05) is 44.6 Å². The van der Waals surface area contributed by atoms with E-state index >= 15 is 0 Å². The van der Waals surface area contributed by atoms with Gasteiger partial charge in [-0.25, -0.2) is 9.37 Å². The zero-order chi connectivity index (χ0) is 18.9. The predicted octanol–water partition coefficient (Wildman–Crippen LogP) is 3.06. The average molecular weight is 372 g/mol. The molecule has 0 aliphatic carbocycles. The first kappa shape index (κ1) is 18.4. The molecule has 0 N–H and O–H groups in total. The predicted molar refractivity (Wildman–Crippen MR) is 103 cm³/mol. The van der Waals surface area contributed by atoms with Crippen LogP contribution in [0.5, 0.6) is 5.75 Å². The van der Waals surface area contributed by atoms with Crippen LogP contribution in [-0.2, 0) is 20.1 Å². The first-order valence-electron chi connectivity index (χ1n) is 9.80. The first-order chi connectivity index (χ1) is 13.1. The van der Waals surface area contributed by atoms with Crippen molar-refractivity contribution in [2.75, 3.05) is 33.3 Å². The maximum absolute atomic E-state index is 14.2. The van der Waals surface area contributed by atoms with Gasteiger partial charge in [0.1, 0.15) is 17.4 Å². The molecule has 1 unspecified atom stereocenters. The highest BCUT2D eigenvalue weighted by Crippen LogP contribution is 2.40. The smallest absolute Gasteiger partial charge is 0.127 e. The molecule has 2 aliphatic heterocycles. The lowest BCUT2D eigenvalue weighted by Gasteiger charge is -2.40. The molecule has 1 aromatic carbocycles. The average Bonchev–Trinajstić information content (AvgIpc) is 3.24. The molecule has 0 amide bonds. The number of piperidine rings is 1. The molecule has 1 atom stereocenters. The summed E-state index contributed by atoms with van der Waals surface area (Å²) in [7, 11) is 3.68. The number of benzene rings is 1. The Morgan fingerprint density at radius 1 is 1.15 bits per heavy atom. The Labute approximate surface area is 160 Å². The molecule has 5 nitrogen and oxygen atoms in total. The number of likely N-dealkylation sites (tertiary alicyclic amines) is 2. The van der Waals surface area contributed by atoms with Crippen molar-refractivity contribution in [3.8, 4) is 5.75 Å². The van der Waals surface area contributed by atoms with E-state index in [4.69, 9.17) is 4.74 Å². The van der Waals surface area contributed by atoms with Crippen molar-refractivity contribution in [2.24, 2.45) is 12.5 Å². The summed E-state index contributed by atoms with van der Waals surface area (Å²) in [5.74, 6) is 1.71. The van der Waals surface area contributed by atoms with Gasteiger partial charge in [-0.15, -0.1) is 0 Å². The molecule has 2 aliphatic rings. The van der Waals surface area contributed by atoms with Crippen LogP contribution in [0.25, 0.3) is 0 Å². The fourth-order valence-corrected chi connectivity index (χ4v) is 4.73. The Hall–Kier alpha value is -1.92. The van der Waals surface area contributed by atoms with Crippen molar-refractivity contribution in [1.82, 2.24) is 19.4 Å². The number of ether oxygens (including phenoxy) is 1. The van der Waals surface area contributed by atoms with E-state index in [-0.39, 0.29) is 5.82 Å². The molecule has 2 aromatic rings. The molecular weight excluding hydrogens is 343 g/mol. The minimum absolute atomic E-state index is 0.141. The SMILES string of the molecule is COc1ccc(F)c(CN2CCCC3(CCN(Cc4nccn4C)C3)C2)c1. The molecule has 4 rings (SSSR count). The van der Waals surface area contributed by atoms with Gasteiger partial charge >= 0.3 is 0 Å². The number of hydrogen-bond acceptors (Lipinski definition) is 4. The van der Waals surface area contributed by atoms with Crippen LogP contribution in [0, 0.1) is 11.2 Å². The Kier molecular flexibility index (Phi) is 5.19. The van der Waals surface area contributed by atoms with Gasteiger partial charge in [0.2, 0.25) is 0 Å². The van der Waals surface area contributed by atoms with Crippen molar-refractivity contribution >= 4 is 0 Å². The van der Waals surface area contributed by atoms with Crippen molar-refractivity contribution in [1.29, 1.82) is 0 Å². The van der Waals surface area contributed by atoms with Gasteiger partial charge in [0.25, 0.3) is 0 Å². The topological polar surface area (TPSA) is 33.5 Å². The minimum atomic E-state index is -0.141. The normalized spacial score (nSPS) is 24.0. The van der Waals surface area contributed by atoms with E-state index in [1.165, 1.54) is 25.3 Å². The number of imidazole rings is 1. The van der Waals surface area contributed by atoms with Crippen LogP contribution >= 0.6 is 0 Å². The molecule has 1 spiro atoms. The molecule has 0 saturated carbocycles. The van der Waals surface area contributed by atoms with Crippen LogP contribution < -0.4 is 4.74 Å². The highest BCUT2D eigenvalue weighted by Gasteiger charge is 2.41. The highest BCUT2D eigenvalue weighted by atomic mass is 19.1. The molecule has 2 saturated heterocycles. The van der Waals surface area contributed by atoms with Crippen LogP contribution in [0.4, 0.5) is 4.39 Å². The summed E-state index contributed by atoms with van der Waals surface area (Å²) < 4.78 is 21.6. The van der Waals surface area contributed by atoms with Gasteiger partial charge in [-0.3, -0.25) is 9.80 Å². The third-order valence-electron chi connectivity index (χ3n) is 6.19. The number of aryl methyl sites for hydroxylation is 1. The molecule has 3 heterocycles.